The van der Waals surface area contributed by atoms with Crippen LogP contribution in [0, 0.1) is 0 Å². The molecule has 0 saturated heterocycles. The predicted octanol–water partition coefficient (Wildman–Crippen LogP) is 2.85. The third-order valence-corrected chi connectivity index (χ3v) is 4.68. The largest absolute Gasteiger partial charge is 0.348 e. The van der Waals surface area contributed by atoms with Crippen molar-refractivity contribution >= 4 is 30.0 Å². The van der Waals surface area contributed by atoms with Crippen LogP contribution in [0.2, 0.25) is 0 Å². The topological polar surface area (TPSA) is 91.3 Å². The Morgan fingerprint density at radius 2 is 1.76 bits per heavy atom. The van der Waals surface area contributed by atoms with Crippen molar-refractivity contribution in [2.75, 3.05) is 25.5 Å². The zero-order valence-electron chi connectivity index (χ0n) is 17.6. The average Bonchev–Trinajstić information content (AvgIpc) is 3.09. The molecule has 2 aromatic rings. The lowest BCUT2D eigenvalue weighted by molar-refractivity contribution is -0.123. The van der Waals surface area contributed by atoms with E-state index in [-0.39, 0.29) is 30.4 Å². The lowest BCUT2D eigenvalue weighted by Gasteiger charge is -2.21. The van der Waals surface area contributed by atoms with Crippen LogP contribution in [0.1, 0.15) is 44.0 Å². The highest BCUT2D eigenvalue weighted by molar-refractivity contribution is 5.89. The van der Waals surface area contributed by atoms with E-state index in [1.165, 1.54) is 0 Å². The molecule has 160 valence electrons. The summed E-state index contributed by atoms with van der Waals surface area (Å²) in [6.07, 6.45) is 3.50. The number of likely N-dealkylation sites (N-methyl/N-ethyl adjacent to an activating group) is 1. The molecule has 3 amide bonds. The van der Waals surface area contributed by atoms with Gasteiger partial charge in [-0.3, -0.25) is 9.48 Å². The monoisotopic (exact) mass is 422 g/mol. The second-order valence-corrected chi connectivity index (χ2v) is 6.62. The molecule has 0 spiro atoms. The number of aromatic nitrogens is 2. The first-order valence-corrected chi connectivity index (χ1v) is 9.51. The SMILES string of the molecule is CCN(CC)C(=O)Nc1ccc(C(C)NC(=O)C(NC)c2cnn(C)c2)cc1.Cl. The van der Waals surface area contributed by atoms with Crippen LogP contribution < -0.4 is 16.0 Å². The number of nitrogens with zero attached hydrogens (tertiary/aromatic N) is 3. The van der Waals surface area contributed by atoms with Crippen molar-refractivity contribution in [1.82, 2.24) is 25.3 Å². The highest BCUT2D eigenvalue weighted by Crippen LogP contribution is 2.18. The summed E-state index contributed by atoms with van der Waals surface area (Å²) in [4.78, 5) is 26.5. The van der Waals surface area contributed by atoms with Crippen LogP contribution in [0.5, 0.6) is 0 Å². The third kappa shape index (κ3) is 6.47. The number of benzene rings is 1. The van der Waals surface area contributed by atoms with E-state index in [0.717, 1.165) is 16.8 Å². The van der Waals surface area contributed by atoms with Crippen molar-refractivity contribution in [3.8, 4) is 0 Å². The molecule has 1 aromatic carbocycles. The van der Waals surface area contributed by atoms with Crippen LogP contribution >= 0.6 is 12.4 Å². The molecule has 0 radical (unpaired) electrons. The van der Waals surface area contributed by atoms with E-state index in [9.17, 15) is 9.59 Å². The molecule has 2 unspecified atom stereocenters. The second-order valence-electron chi connectivity index (χ2n) is 6.62. The van der Waals surface area contributed by atoms with Gasteiger partial charge in [0.1, 0.15) is 6.04 Å². The normalized spacial score (nSPS) is 12.4. The molecule has 2 atom stereocenters. The number of aryl methyl sites for hydroxylation is 1. The van der Waals surface area contributed by atoms with Gasteiger partial charge in [-0.25, -0.2) is 4.79 Å². The molecular formula is C20H31ClN6O2. The van der Waals surface area contributed by atoms with Gasteiger partial charge in [-0.1, -0.05) is 12.1 Å². The third-order valence-electron chi connectivity index (χ3n) is 4.68. The Morgan fingerprint density at radius 3 is 2.24 bits per heavy atom. The molecule has 8 nitrogen and oxygen atoms in total. The van der Waals surface area contributed by atoms with Gasteiger partial charge in [-0.15, -0.1) is 12.4 Å². The first-order chi connectivity index (χ1) is 13.4. The van der Waals surface area contributed by atoms with E-state index < -0.39 is 6.04 Å². The quantitative estimate of drug-likeness (QED) is 0.610. The zero-order valence-corrected chi connectivity index (χ0v) is 18.4. The number of halogens is 1. The Morgan fingerprint density at radius 1 is 1.14 bits per heavy atom. The number of amides is 3. The van der Waals surface area contributed by atoms with Gasteiger partial charge in [0.25, 0.3) is 0 Å². The van der Waals surface area contributed by atoms with Gasteiger partial charge in [-0.05, 0) is 45.5 Å². The maximum Gasteiger partial charge on any atom is 0.321 e. The Kier molecular flexibility index (Phi) is 9.64. The Labute approximate surface area is 178 Å². The van der Waals surface area contributed by atoms with Gasteiger partial charge >= 0.3 is 6.03 Å². The number of carbonyl (C=O) groups is 2. The van der Waals surface area contributed by atoms with Gasteiger partial charge in [0.2, 0.25) is 5.91 Å². The van der Waals surface area contributed by atoms with Crippen LogP contribution in [0.4, 0.5) is 10.5 Å². The molecule has 9 heteroatoms. The number of rotatable bonds is 8. The lowest BCUT2D eigenvalue weighted by atomic mass is 10.1. The summed E-state index contributed by atoms with van der Waals surface area (Å²) in [5.74, 6) is -0.123. The molecule has 0 fully saturated rings. The van der Waals surface area contributed by atoms with Crippen molar-refractivity contribution < 1.29 is 9.59 Å². The molecule has 0 bridgehead atoms. The lowest BCUT2D eigenvalue weighted by Crippen LogP contribution is -2.37. The molecule has 1 aromatic heterocycles. The number of hydrogen-bond acceptors (Lipinski definition) is 4. The van der Waals surface area contributed by atoms with E-state index in [2.05, 4.69) is 21.0 Å². The fraction of sp³-hybridized carbons (Fsp3) is 0.450. The molecule has 3 N–H and O–H groups in total. The van der Waals surface area contributed by atoms with Crippen LogP contribution in [0.15, 0.2) is 36.7 Å². The fourth-order valence-corrected chi connectivity index (χ4v) is 2.99. The first kappa shape index (κ1) is 24.5. The van der Waals surface area contributed by atoms with Gasteiger partial charge < -0.3 is 20.9 Å². The Bertz CT molecular complexity index is 789. The molecule has 0 aliphatic rings. The molecule has 29 heavy (non-hydrogen) atoms. The minimum absolute atomic E-state index is 0. The second kappa shape index (κ2) is 11.4. The first-order valence-electron chi connectivity index (χ1n) is 9.51. The van der Waals surface area contributed by atoms with Gasteiger partial charge in [-0.2, -0.15) is 5.10 Å². The van der Waals surface area contributed by atoms with Gasteiger partial charge in [0, 0.05) is 37.6 Å². The summed E-state index contributed by atoms with van der Waals surface area (Å²) >= 11 is 0. The van der Waals surface area contributed by atoms with E-state index in [0.29, 0.717) is 13.1 Å². The zero-order chi connectivity index (χ0) is 20.7. The van der Waals surface area contributed by atoms with Crippen LogP contribution in [-0.2, 0) is 11.8 Å². The van der Waals surface area contributed by atoms with Gasteiger partial charge in [0.15, 0.2) is 0 Å². The number of carbonyl (C=O) groups excluding carboxylic acids is 2. The summed E-state index contributed by atoms with van der Waals surface area (Å²) < 4.78 is 1.67. The number of urea groups is 1. The van der Waals surface area contributed by atoms with Crippen molar-refractivity contribution in [3.63, 3.8) is 0 Å². The average molecular weight is 423 g/mol. The van der Waals surface area contributed by atoms with Crippen molar-refractivity contribution in [1.29, 1.82) is 0 Å². The van der Waals surface area contributed by atoms with E-state index >= 15 is 0 Å². The fourth-order valence-electron chi connectivity index (χ4n) is 2.99. The van der Waals surface area contributed by atoms with E-state index in [1.54, 1.807) is 22.8 Å². The Balaban J connectivity index is 0.00000420. The summed E-state index contributed by atoms with van der Waals surface area (Å²) in [6.45, 7) is 7.14. The van der Waals surface area contributed by atoms with E-state index in [4.69, 9.17) is 0 Å². The van der Waals surface area contributed by atoms with Crippen molar-refractivity contribution in [2.45, 2.75) is 32.9 Å². The maximum atomic E-state index is 12.6. The van der Waals surface area contributed by atoms with Gasteiger partial charge in [0.05, 0.1) is 12.2 Å². The number of nitrogens with one attached hydrogen (secondary N) is 3. The molecule has 0 aliphatic heterocycles. The van der Waals surface area contributed by atoms with Crippen LogP contribution in [0.3, 0.4) is 0 Å². The maximum absolute atomic E-state index is 12.6. The number of hydrogen-bond donors (Lipinski definition) is 3. The minimum Gasteiger partial charge on any atom is -0.348 e. The smallest absolute Gasteiger partial charge is 0.321 e. The summed E-state index contributed by atoms with van der Waals surface area (Å²) in [6, 6.07) is 6.73. The Hall–Kier alpha value is -2.58. The molecule has 0 aliphatic carbocycles. The molecule has 2 rings (SSSR count). The predicted molar refractivity (Wildman–Crippen MR) is 117 cm³/mol. The molecular weight excluding hydrogens is 392 g/mol. The summed E-state index contributed by atoms with van der Waals surface area (Å²) in [5, 5.41) is 13.0. The standard InChI is InChI=1S/C20H30N6O2.ClH/c1-6-26(7-2)20(28)24-17-10-8-15(9-11-17)14(3)23-19(27)18(21-4)16-12-22-25(5)13-16;/h8-14,18,21H,6-7H2,1-5H3,(H,23,27)(H,24,28);1H. The number of anilines is 1. The summed E-state index contributed by atoms with van der Waals surface area (Å²) in [7, 11) is 3.56. The van der Waals surface area contributed by atoms with Crippen molar-refractivity contribution in [3.05, 3.63) is 47.8 Å². The molecule has 0 saturated carbocycles. The highest BCUT2D eigenvalue weighted by Gasteiger charge is 2.22. The van der Waals surface area contributed by atoms with Crippen LogP contribution in [-0.4, -0.2) is 46.8 Å². The molecule has 1 heterocycles. The minimum atomic E-state index is -0.469. The summed E-state index contributed by atoms with van der Waals surface area (Å²) in [5.41, 5.74) is 2.49. The van der Waals surface area contributed by atoms with Crippen molar-refractivity contribution in [2.24, 2.45) is 7.05 Å². The highest BCUT2D eigenvalue weighted by atomic mass is 35.5. The van der Waals surface area contributed by atoms with Crippen LogP contribution in [0.25, 0.3) is 0 Å². The van der Waals surface area contributed by atoms with E-state index in [1.807, 2.05) is 58.3 Å².